The van der Waals surface area contributed by atoms with Gasteiger partial charge < -0.3 is 14.8 Å². The fourth-order valence-corrected chi connectivity index (χ4v) is 3.27. The number of hydrogen-bond acceptors (Lipinski definition) is 5. The molecule has 1 aromatic heterocycles. The van der Waals surface area contributed by atoms with Gasteiger partial charge >= 0.3 is 5.97 Å². The van der Waals surface area contributed by atoms with Crippen molar-refractivity contribution in [3.05, 3.63) is 88.1 Å². The summed E-state index contributed by atoms with van der Waals surface area (Å²) in [7, 11) is 0. The van der Waals surface area contributed by atoms with Crippen molar-refractivity contribution in [3.8, 4) is 5.75 Å². The third-order valence-corrected chi connectivity index (χ3v) is 5.08. The van der Waals surface area contributed by atoms with Crippen molar-refractivity contribution in [2.24, 2.45) is 0 Å². The number of hydrogen-bond donors (Lipinski definition) is 1. The van der Waals surface area contributed by atoms with Crippen LogP contribution in [0.5, 0.6) is 5.75 Å². The Kier molecular flexibility index (Phi) is 6.81. The average Bonchev–Trinajstić information content (AvgIpc) is 3.27. The first-order chi connectivity index (χ1) is 13.6. The van der Waals surface area contributed by atoms with E-state index in [9.17, 15) is 9.59 Å². The van der Waals surface area contributed by atoms with E-state index in [0.29, 0.717) is 17.9 Å². The summed E-state index contributed by atoms with van der Waals surface area (Å²) in [6, 6.07) is 20.2. The number of carbonyl (C=O) groups is 2. The Labute approximate surface area is 167 Å². The third kappa shape index (κ3) is 5.69. The highest BCUT2D eigenvalue weighted by molar-refractivity contribution is 7.10. The smallest absolute Gasteiger partial charge is 0.338 e. The molecule has 28 heavy (non-hydrogen) atoms. The molecule has 1 N–H and O–H groups in total. The summed E-state index contributed by atoms with van der Waals surface area (Å²) >= 11 is 1.56. The Morgan fingerprint density at radius 3 is 2.43 bits per heavy atom. The molecule has 0 aliphatic heterocycles. The lowest BCUT2D eigenvalue weighted by Gasteiger charge is -2.12. The molecule has 1 amide bonds. The maximum atomic E-state index is 12.1. The van der Waals surface area contributed by atoms with Crippen molar-refractivity contribution < 1.29 is 19.1 Å². The van der Waals surface area contributed by atoms with Crippen LogP contribution in [-0.2, 0) is 16.1 Å². The molecule has 0 spiro atoms. The normalized spacial score (nSPS) is 11.5. The van der Waals surface area contributed by atoms with Crippen LogP contribution in [0.15, 0.2) is 72.1 Å². The Hall–Kier alpha value is -3.12. The zero-order chi connectivity index (χ0) is 19.8. The van der Waals surface area contributed by atoms with Crippen LogP contribution in [-0.4, -0.2) is 18.5 Å². The van der Waals surface area contributed by atoms with Crippen molar-refractivity contribution in [2.45, 2.75) is 19.6 Å². The fraction of sp³-hybridized carbons (Fsp3) is 0.182. The average molecular weight is 395 g/mol. The molecule has 0 saturated carbocycles. The second-order valence-corrected chi connectivity index (χ2v) is 7.16. The van der Waals surface area contributed by atoms with Gasteiger partial charge in [-0.05, 0) is 48.2 Å². The summed E-state index contributed by atoms with van der Waals surface area (Å²) in [5.41, 5.74) is 1.43. The lowest BCUT2D eigenvalue weighted by Crippen LogP contribution is -2.30. The zero-order valence-corrected chi connectivity index (χ0v) is 16.3. The summed E-state index contributed by atoms with van der Waals surface area (Å²) in [6.07, 6.45) is 0. The molecule has 0 radical (unpaired) electrons. The molecule has 0 fully saturated rings. The molecule has 3 rings (SSSR count). The first-order valence-electron chi connectivity index (χ1n) is 8.88. The zero-order valence-electron chi connectivity index (χ0n) is 15.5. The summed E-state index contributed by atoms with van der Waals surface area (Å²) < 4.78 is 10.8. The molecule has 144 valence electrons. The Balaban J connectivity index is 1.44. The molecule has 1 atom stereocenters. The minimum atomic E-state index is -0.548. The monoisotopic (exact) mass is 395 g/mol. The van der Waals surface area contributed by atoms with Crippen LogP contribution in [0.3, 0.4) is 0 Å². The third-order valence-electron chi connectivity index (χ3n) is 4.02. The van der Waals surface area contributed by atoms with E-state index >= 15 is 0 Å². The molecule has 3 aromatic rings. The molecule has 5 nitrogen and oxygen atoms in total. The number of carbonyl (C=O) groups excluding carboxylic acids is 2. The van der Waals surface area contributed by atoms with Gasteiger partial charge in [0.15, 0.2) is 6.61 Å². The van der Waals surface area contributed by atoms with Crippen LogP contribution >= 0.6 is 11.3 Å². The predicted octanol–water partition coefficient (Wildman–Crippen LogP) is 4.36. The summed E-state index contributed by atoms with van der Waals surface area (Å²) in [5.74, 6) is -0.228. The highest BCUT2D eigenvalue weighted by Gasteiger charge is 2.13. The lowest BCUT2D eigenvalue weighted by atomic mass is 10.2. The van der Waals surface area contributed by atoms with Gasteiger partial charge in [-0.3, -0.25) is 4.79 Å². The van der Waals surface area contributed by atoms with Crippen LogP contribution in [0.4, 0.5) is 0 Å². The van der Waals surface area contributed by atoms with Gasteiger partial charge in [-0.2, -0.15) is 0 Å². The summed E-state index contributed by atoms with van der Waals surface area (Å²) in [5, 5.41) is 4.75. The molecular formula is C22H21NO4S. The van der Waals surface area contributed by atoms with E-state index in [0.717, 1.165) is 10.4 Å². The predicted molar refractivity (Wildman–Crippen MR) is 108 cm³/mol. The van der Waals surface area contributed by atoms with Crippen LogP contribution in [0, 0.1) is 0 Å². The van der Waals surface area contributed by atoms with E-state index in [1.807, 2.05) is 54.8 Å². The van der Waals surface area contributed by atoms with Gasteiger partial charge in [0.05, 0.1) is 11.6 Å². The van der Waals surface area contributed by atoms with Crippen LogP contribution in [0.25, 0.3) is 0 Å². The van der Waals surface area contributed by atoms with E-state index in [2.05, 4.69) is 5.32 Å². The first-order valence-corrected chi connectivity index (χ1v) is 9.76. The van der Waals surface area contributed by atoms with Crippen LogP contribution in [0.2, 0.25) is 0 Å². The number of benzene rings is 2. The number of rotatable bonds is 8. The minimum Gasteiger partial charge on any atom is -0.489 e. The fourth-order valence-electron chi connectivity index (χ4n) is 2.53. The van der Waals surface area contributed by atoms with Crippen molar-refractivity contribution in [2.75, 3.05) is 6.61 Å². The van der Waals surface area contributed by atoms with Crippen molar-refractivity contribution >= 4 is 23.2 Å². The quantitative estimate of drug-likeness (QED) is 0.576. The topological polar surface area (TPSA) is 64.6 Å². The number of amides is 1. The van der Waals surface area contributed by atoms with E-state index in [1.54, 1.807) is 35.6 Å². The van der Waals surface area contributed by atoms with Gasteiger partial charge in [-0.15, -0.1) is 11.3 Å². The highest BCUT2D eigenvalue weighted by Crippen LogP contribution is 2.18. The molecule has 0 aliphatic rings. The molecule has 0 saturated heterocycles. The first kappa shape index (κ1) is 19.6. The van der Waals surface area contributed by atoms with E-state index in [-0.39, 0.29) is 18.6 Å². The number of esters is 1. The van der Waals surface area contributed by atoms with Crippen LogP contribution in [0.1, 0.15) is 33.8 Å². The van der Waals surface area contributed by atoms with E-state index in [4.69, 9.17) is 9.47 Å². The Bertz CT molecular complexity index is 892. The Morgan fingerprint density at radius 1 is 1.00 bits per heavy atom. The molecule has 2 aromatic carbocycles. The highest BCUT2D eigenvalue weighted by atomic mass is 32.1. The largest absolute Gasteiger partial charge is 0.489 e. The second kappa shape index (κ2) is 9.71. The summed E-state index contributed by atoms with van der Waals surface area (Å²) in [4.78, 5) is 25.1. The van der Waals surface area contributed by atoms with Crippen molar-refractivity contribution in [3.63, 3.8) is 0 Å². The van der Waals surface area contributed by atoms with E-state index < -0.39 is 5.97 Å². The minimum absolute atomic E-state index is 0.118. The second-order valence-electron chi connectivity index (χ2n) is 6.18. The van der Waals surface area contributed by atoms with Crippen molar-refractivity contribution in [1.29, 1.82) is 0 Å². The van der Waals surface area contributed by atoms with Gasteiger partial charge in [0.2, 0.25) is 0 Å². The molecule has 6 heteroatoms. The lowest BCUT2D eigenvalue weighted by molar-refractivity contribution is -0.124. The van der Waals surface area contributed by atoms with Gasteiger partial charge in [0, 0.05) is 4.88 Å². The molecule has 1 heterocycles. The molecule has 0 unspecified atom stereocenters. The number of thiophene rings is 1. The molecule has 0 bridgehead atoms. The maximum Gasteiger partial charge on any atom is 0.338 e. The van der Waals surface area contributed by atoms with Gasteiger partial charge in [0.1, 0.15) is 12.4 Å². The SMILES string of the molecule is C[C@H](NC(=O)COC(=O)c1ccc(OCc2ccccc2)cc1)c1cccs1. The van der Waals surface area contributed by atoms with Crippen molar-refractivity contribution in [1.82, 2.24) is 5.32 Å². The number of ether oxygens (including phenoxy) is 2. The van der Waals surface area contributed by atoms with E-state index in [1.165, 1.54) is 0 Å². The number of nitrogens with one attached hydrogen (secondary N) is 1. The van der Waals surface area contributed by atoms with Gasteiger partial charge in [-0.25, -0.2) is 4.79 Å². The van der Waals surface area contributed by atoms with Gasteiger partial charge in [0.25, 0.3) is 5.91 Å². The van der Waals surface area contributed by atoms with Crippen LogP contribution < -0.4 is 10.1 Å². The summed E-state index contributed by atoms with van der Waals surface area (Å²) in [6.45, 7) is 2.02. The standard InChI is InChI=1S/C22H21NO4S/c1-16(20-8-5-13-28-20)23-21(24)15-27-22(25)18-9-11-19(12-10-18)26-14-17-6-3-2-4-7-17/h2-13,16H,14-15H2,1H3,(H,23,24)/t16-/m0/s1. The maximum absolute atomic E-state index is 12.1. The molecular weight excluding hydrogens is 374 g/mol. The van der Waals surface area contributed by atoms with Gasteiger partial charge in [-0.1, -0.05) is 36.4 Å². The Morgan fingerprint density at radius 2 is 1.75 bits per heavy atom. The molecule has 0 aliphatic carbocycles.